The molecule has 0 heterocycles. The second-order valence-electron chi connectivity index (χ2n) is 5.10. The summed E-state index contributed by atoms with van der Waals surface area (Å²) in [4.78, 5) is 0. The minimum atomic E-state index is 0.811. The van der Waals surface area contributed by atoms with Gasteiger partial charge in [0.25, 0.3) is 0 Å². The molecule has 0 aliphatic heterocycles. The van der Waals surface area contributed by atoms with E-state index in [2.05, 4.69) is 33.1 Å². The molecule has 0 saturated heterocycles. The van der Waals surface area contributed by atoms with Crippen molar-refractivity contribution in [2.45, 2.75) is 46.0 Å². The highest BCUT2D eigenvalue weighted by Gasteiger charge is 2.17. The fraction of sp³-hybridized carbons (Fsp3) is 0.600. The van der Waals surface area contributed by atoms with Crippen LogP contribution in [0.1, 0.15) is 46.0 Å². The number of hydrogen-bond donors (Lipinski definition) is 0. The summed E-state index contributed by atoms with van der Waals surface area (Å²) in [5.74, 6) is 1.65. The van der Waals surface area contributed by atoms with E-state index >= 15 is 0 Å². The molecular formula is C15H24. The Balaban J connectivity index is 2.47. The third-order valence-corrected chi connectivity index (χ3v) is 3.11. The average Bonchev–Trinajstić information content (AvgIpc) is 2.15. The fourth-order valence-corrected chi connectivity index (χ4v) is 2.40. The minimum Gasteiger partial charge on any atom is -0.103 e. The molecule has 1 aliphatic carbocycles. The molecule has 1 rings (SSSR count). The zero-order chi connectivity index (χ0) is 11.3. The predicted octanol–water partition coefficient (Wildman–Crippen LogP) is 4.89. The first-order valence-corrected chi connectivity index (χ1v) is 6.11. The first-order valence-electron chi connectivity index (χ1n) is 6.11. The summed E-state index contributed by atoms with van der Waals surface area (Å²) in [5.41, 5.74) is 2.85. The van der Waals surface area contributed by atoms with Gasteiger partial charge in [-0.1, -0.05) is 38.2 Å². The molecule has 0 spiro atoms. The molecule has 15 heavy (non-hydrogen) atoms. The molecule has 0 aromatic rings. The van der Waals surface area contributed by atoms with E-state index in [1.165, 1.54) is 30.4 Å². The van der Waals surface area contributed by atoms with Crippen LogP contribution in [0, 0.1) is 11.8 Å². The van der Waals surface area contributed by atoms with Crippen LogP contribution in [0.4, 0.5) is 0 Å². The Morgan fingerprint density at radius 3 is 2.80 bits per heavy atom. The van der Waals surface area contributed by atoms with Crippen LogP contribution < -0.4 is 0 Å². The summed E-state index contributed by atoms with van der Waals surface area (Å²) < 4.78 is 0. The van der Waals surface area contributed by atoms with Gasteiger partial charge in [0.05, 0.1) is 0 Å². The molecule has 0 fully saturated rings. The Hall–Kier alpha value is -0.780. The molecule has 1 unspecified atom stereocenters. The fourth-order valence-electron chi connectivity index (χ4n) is 2.40. The molecule has 0 aromatic carbocycles. The van der Waals surface area contributed by atoms with Gasteiger partial charge in [-0.3, -0.25) is 0 Å². The van der Waals surface area contributed by atoms with Gasteiger partial charge < -0.3 is 0 Å². The Bertz CT molecular complexity index is 255. The first kappa shape index (κ1) is 12.3. The third-order valence-electron chi connectivity index (χ3n) is 3.11. The van der Waals surface area contributed by atoms with Crippen molar-refractivity contribution in [1.82, 2.24) is 0 Å². The first-order chi connectivity index (χ1) is 7.13. The van der Waals surface area contributed by atoms with Gasteiger partial charge in [0, 0.05) is 0 Å². The third kappa shape index (κ3) is 4.07. The SMILES string of the molecule is C=CCCC1=CCC(CC(C)C)CC1=C. The number of hydrogen-bond acceptors (Lipinski definition) is 0. The maximum Gasteiger partial charge on any atom is -0.0245 e. The summed E-state index contributed by atoms with van der Waals surface area (Å²) in [6, 6.07) is 0. The zero-order valence-corrected chi connectivity index (χ0v) is 10.3. The van der Waals surface area contributed by atoms with E-state index in [1.807, 2.05) is 6.08 Å². The van der Waals surface area contributed by atoms with Gasteiger partial charge in [0.1, 0.15) is 0 Å². The maximum atomic E-state index is 4.20. The lowest BCUT2D eigenvalue weighted by Gasteiger charge is -2.25. The van der Waals surface area contributed by atoms with Crippen LogP contribution in [0.15, 0.2) is 36.5 Å². The Labute approximate surface area is 94.8 Å². The van der Waals surface area contributed by atoms with Crippen LogP contribution >= 0.6 is 0 Å². The van der Waals surface area contributed by atoms with Crippen molar-refractivity contribution in [2.75, 3.05) is 0 Å². The lowest BCUT2D eigenvalue weighted by Crippen LogP contribution is -2.10. The van der Waals surface area contributed by atoms with Crippen molar-refractivity contribution in [2.24, 2.45) is 11.8 Å². The average molecular weight is 204 g/mol. The van der Waals surface area contributed by atoms with E-state index in [9.17, 15) is 0 Å². The van der Waals surface area contributed by atoms with Crippen LogP contribution in [-0.4, -0.2) is 0 Å². The lowest BCUT2D eigenvalue weighted by molar-refractivity contribution is 0.402. The van der Waals surface area contributed by atoms with Gasteiger partial charge >= 0.3 is 0 Å². The van der Waals surface area contributed by atoms with Crippen LogP contribution in [0.5, 0.6) is 0 Å². The molecule has 0 nitrogen and oxygen atoms in total. The summed E-state index contributed by atoms with van der Waals surface area (Å²) >= 11 is 0. The quantitative estimate of drug-likeness (QED) is 0.559. The summed E-state index contributed by atoms with van der Waals surface area (Å²) in [7, 11) is 0. The van der Waals surface area contributed by atoms with Crippen molar-refractivity contribution < 1.29 is 0 Å². The van der Waals surface area contributed by atoms with Gasteiger partial charge in [-0.25, -0.2) is 0 Å². The van der Waals surface area contributed by atoms with Crippen LogP contribution in [0.25, 0.3) is 0 Å². The van der Waals surface area contributed by atoms with Crippen molar-refractivity contribution in [3.05, 3.63) is 36.5 Å². The van der Waals surface area contributed by atoms with Gasteiger partial charge in [0.15, 0.2) is 0 Å². The molecule has 0 heteroatoms. The van der Waals surface area contributed by atoms with Gasteiger partial charge in [0.2, 0.25) is 0 Å². The van der Waals surface area contributed by atoms with Gasteiger partial charge in [-0.2, -0.15) is 0 Å². The van der Waals surface area contributed by atoms with E-state index in [-0.39, 0.29) is 0 Å². The summed E-state index contributed by atoms with van der Waals surface area (Å²) in [5, 5.41) is 0. The molecule has 0 aromatic heterocycles. The highest BCUT2D eigenvalue weighted by Crippen LogP contribution is 2.33. The van der Waals surface area contributed by atoms with E-state index in [0.717, 1.165) is 24.7 Å². The highest BCUT2D eigenvalue weighted by atomic mass is 14.2. The van der Waals surface area contributed by atoms with E-state index in [0.29, 0.717) is 0 Å². The molecule has 1 atom stereocenters. The molecule has 0 radical (unpaired) electrons. The minimum absolute atomic E-state index is 0.811. The van der Waals surface area contributed by atoms with Gasteiger partial charge in [-0.15, -0.1) is 6.58 Å². The number of allylic oxidation sites excluding steroid dienone is 4. The molecule has 0 saturated carbocycles. The van der Waals surface area contributed by atoms with Crippen molar-refractivity contribution >= 4 is 0 Å². The van der Waals surface area contributed by atoms with Crippen molar-refractivity contribution in [3.63, 3.8) is 0 Å². The smallest absolute Gasteiger partial charge is 0.0245 e. The molecule has 0 N–H and O–H groups in total. The summed E-state index contributed by atoms with van der Waals surface area (Å²) in [6.45, 7) is 12.6. The second kappa shape index (κ2) is 5.95. The Morgan fingerprint density at radius 2 is 2.27 bits per heavy atom. The van der Waals surface area contributed by atoms with Crippen molar-refractivity contribution in [3.8, 4) is 0 Å². The molecule has 0 amide bonds. The van der Waals surface area contributed by atoms with Crippen LogP contribution in [0.3, 0.4) is 0 Å². The standard InChI is InChI=1S/C15H24/c1-5-6-7-15-9-8-14(10-12(2)3)11-13(15)4/h5,9,12,14H,1,4,6-8,10-11H2,2-3H3. The molecule has 0 bridgehead atoms. The van der Waals surface area contributed by atoms with E-state index in [1.54, 1.807) is 0 Å². The largest absolute Gasteiger partial charge is 0.103 e. The van der Waals surface area contributed by atoms with Crippen LogP contribution in [-0.2, 0) is 0 Å². The monoisotopic (exact) mass is 204 g/mol. The van der Waals surface area contributed by atoms with Gasteiger partial charge in [-0.05, 0) is 49.5 Å². The maximum absolute atomic E-state index is 4.20. The Kier molecular flexibility index (Phi) is 4.87. The topological polar surface area (TPSA) is 0 Å². The predicted molar refractivity (Wildman–Crippen MR) is 68.8 cm³/mol. The number of rotatable bonds is 5. The van der Waals surface area contributed by atoms with Crippen molar-refractivity contribution in [1.29, 1.82) is 0 Å². The van der Waals surface area contributed by atoms with Crippen LogP contribution in [0.2, 0.25) is 0 Å². The van der Waals surface area contributed by atoms with E-state index in [4.69, 9.17) is 0 Å². The van der Waals surface area contributed by atoms with E-state index < -0.39 is 0 Å². The zero-order valence-electron chi connectivity index (χ0n) is 10.3. The molecular weight excluding hydrogens is 180 g/mol. The Morgan fingerprint density at radius 1 is 1.53 bits per heavy atom. The molecule has 1 aliphatic rings. The normalized spacial score (nSPS) is 21.7. The molecule has 84 valence electrons. The lowest BCUT2D eigenvalue weighted by atomic mass is 9.81. The summed E-state index contributed by atoms with van der Waals surface area (Å²) in [6.07, 6.45) is 10.4. The highest BCUT2D eigenvalue weighted by molar-refractivity contribution is 5.31. The second-order valence-corrected chi connectivity index (χ2v) is 5.10.